The minimum Gasteiger partial charge on any atom is -0.446 e. The van der Waals surface area contributed by atoms with E-state index in [1.807, 2.05) is 36.4 Å². The highest BCUT2D eigenvalue weighted by molar-refractivity contribution is 6.74. The first kappa shape index (κ1) is 33.5. The van der Waals surface area contributed by atoms with E-state index in [0.717, 1.165) is 36.5 Å². The molecule has 0 aliphatic carbocycles. The van der Waals surface area contributed by atoms with Gasteiger partial charge in [-0.1, -0.05) is 78.0 Å². The van der Waals surface area contributed by atoms with Crippen LogP contribution in [0.5, 0.6) is 0 Å². The van der Waals surface area contributed by atoms with E-state index >= 15 is 0 Å². The van der Waals surface area contributed by atoms with Gasteiger partial charge in [0.05, 0.1) is 18.1 Å². The number of carbonyl (C=O) groups is 2. The zero-order chi connectivity index (χ0) is 29.5. The summed E-state index contributed by atoms with van der Waals surface area (Å²) in [6, 6.07) is 12.4. The Hall–Kier alpha value is -1.75. The summed E-state index contributed by atoms with van der Waals surface area (Å²) >= 11 is 0. The first-order valence-corrected chi connectivity index (χ1v) is 20.1. The maximum atomic E-state index is 13.7. The molecule has 1 fully saturated rings. The van der Waals surface area contributed by atoms with Gasteiger partial charge >= 0.3 is 6.09 Å². The number of carbonyl (C=O) groups excluding carboxylic acids is 2. The lowest BCUT2D eigenvalue weighted by Crippen LogP contribution is -2.48. The number of hydrogen-bond donors (Lipinski definition) is 0. The van der Waals surface area contributed by atoms with E-state index < -0.39 is 28.8 Å². The third kappa shape index (κ3) is 8.62. The highest BCUT2D eigenvalue weighted by Gasteiger charge is 2.44. The fraction of sp³-hybridized carbons (Fsp3) is 0.677. The Morgan fingerprint density at radius 2 is 1.72 bits per heavy atom. The molecule has 0 saturated carbocycles. The van der Waals surface area contributed by atoms with Gasteiger partial charge in [-0.3, -0.25) is 4.79 Å². The van der Waals surface area contributed by atoms with Gasteiger partial charge in [-0.2, -0.15) is 0 Å². The van der Waals surface area contributed by atoms with Crippen LogP contribution in [-0.4, -0.2) is 51.8 Å². The van der Waals surface area contributed by atoms with Gasteiger partial charge in [0.15, 0.2) is 16.6 Å². The number of amides is 2. The van der Waals surface area contributed by atoms with Crippen molar-refractivity contribution in [3.8, 4) is 0 Å². The molecule has 2 amide bonds. The average Bonchev–Trinajstić information content (AvgIpc) is 3.27. The van der Waals surface area contributed by atoms with E-state index in [1.165, 1.54) is 4.90 Å². The molecule has 1 aliphatic heterocycles. The van der Waals surface area contributed by atoms with Crippen molar-refractivity contribution in [2.24, 2.45) is 0 Å². The number of ether oxygens (including phenoxy) is 1. The van der Waals surface area contributed by atoms with Crippen LogP contribution in [-0.2, 0) is 18.4 Å². The van der Waals surface area contributed by atoms with Crippen LogP contribution in [0.15, 0.2) is 43.0 Å². The molecule has 8 heteroatoms. The second-order valence-corrected chi connectivity index (χ2v) is 22.2. The molecule has 1 unspecified atom stereocenters. The smallest absolute Gasteiger partial charge is 0.417 e. The van der Waals surface area contributed by atoms with Crippen LogP contribution in [0, 0.1) is 0 Å². The van der Waals surface area contributed by atoms with Gasteiger partial charge in [0, 0.05) is 0 Å². The van der Waals surface area contributed by atoms with Gasteiger partial charge in [0.2, 0.25) is 5.91 Å². The Balaban J connectivity index is 2.32. The van der Waals surface area contributed by atoms with Crippen molar-refractivity contribution < 1.29 is 23.2 Å². The van der Waals surface area contributed by atoms with Crippen molar-refractivity contribution in [1.29, 1.82) is 0 Å². The number of imide groups is 1. The molecule has 1 aliphatic rings. The first-order chi connectivity index (χ1) is 18.2. The third-order valence-electron chi connectivity index (χ3n) is 8.96. The minimum atomic E-state index is -2.19. The second-order valence-electron chi connectivity index (χ2n) is 12.8. The summed E-state index contributed by atoms with van der Waals surface area (Å²) in [5, 5.41) is -0.0108. The number of cyclic esters (lactones) is 1. The average molecular weight is 576 g/mol. The standard InChI is InChI=1S/C31H53NO5Si2/c1-11-21-31(8,37-39(12-2,13-3)14-4)22-20-26(36-38(9,10)30(5,6)7)23-28(33)32-27(24-35-29(32)34)25-18-16-15-17-19-25/h11,15-19,26-27H,1,12-14,20-24H2,2-10H3/t26-,27-,31?/m1/s1. The molecule has 3 atom stereocenters. The molecule has 6 nitrogen and oxygen atoms in total. The minimum absolute atomic E-state index is 0.0108. The summed E-state index contributed by atoms with van der Waals surface area (Å²) in [4.78, 5) is 27.7. The van der Waals surface area contributed by atoms with Crippen molar-refractivity contribution in [2.45, 2.75) is 128 Å². The molecule has 0 bridgehead atoms. The molecule has 0 spiro atoms. The lowest BCUT2D eigenvalue weighted by atomic mass is 9.93. The van der Waals surface area contributed by atoms with Gasteiger partial charge in [-0.25, -0.2) is 9.69 Å². The molecule has 2 rings (SSSR count). The lowest BCUT2D eigenvalue weighted by molar-refractivity contribution is -0.131. The molecule has 220 valence electrons. The second kappa shape index (κ2) is 13.7. The molecule has 0 N–H and O–H groups in total. The van der Waals surface area contributed by atoms with Crippen molar-refractivity contribution in [2.75, 3.05) is 6.61 Å². The van der Waals surface area contributed by atoms with Gasteiger partial charge in [0.25, 0.3) is 0 Å². The van der Waals surface area contributed by atoms with Crippen molar-refractivity contribution >= 4 is 28.6 Å². The molecule has 1 aromatic rings. The molecule has 1 heterocycles. The highest BCUT2D eigenvalue weighted by atomic mass is 28.4. The van der Waals surface area contributed by atoms with E-state index in [2.05, 4.69) is 68.1 Å². The Morgan fingerprint density at radius 1 is 1.13 bits per heavy atom. The van der Waals surface area contributed by atoms with E-state index in [1.54, 1.807) is 0 Å². The van der Waals surface area contributed by atoms with E-state index in [0.29, 0.717) is 6.42 Å². The number of nitrogens with zero attached hydrogens (tertiary/aromatic N) is 1. The summed E-state index contributed by atoms with van der Waals surface area (Å²) < 4.78 is 19.2. The summed E-state index contributed by atoms with van der Waals surface area (Å²) in [6.45, 7) is 24.1. The normalized spacial score (nSPS) is 18.9. The predicted octanol–water partition coefficient (Wildman–Crippen LogP) is 8.62. The van der Waals surface area contributed by atoms with Gasteiger partial charge in [-0.15, -0.1) is 6.58 Å². The molecule has 0 radical (unpaired) electrons. The SMILES string of the molecule is C=CCC(C)(CC[C@H](CC(=O)N1C(=O)OC[C@@H]1c1ccccc1)O[Si](C)(C)C(C)(C)C)O[Si](CC)(CC)CC. The molecule has 1 saturated heterocycles. The topological polar surface area (TPSA) is 65.1 Å². The highest BCUT2D eigenvalue weighted by Crippen LogP contribution is 2.40. The monoisotopic (exact) mass is 575 g/mol. The summed E-state index contributed by atoms with van der Waals surface area (Å²) in [5.74, 6) is -0.249. The number of rotatable bonds is 15. The van der Waals surface area contributed by atoms with E-state index in [9.17, 15) is 9.59 Å². The van der Waals surface area contributed by atoms with Crippen LogP contribution in [0.25, 0.3) is 0 Å². The maximum absolute atomic E-state index is 13.7. The molecule has 0 aromatic heterocycles. The summed E-state index contributed by atoms with van der Waals surface area (Å²) in [5.41, 5.74) is 0.526. The largest absolute Gasteiger partial charge is 0.446 e. The van der Waals surface area contributed by atoms with Crippen LogP contribution >= 0.6 is 0 Å². The van der Waals surface area contributed by atoms with Crippen LogP contribution in [0.3, 0.4) is 0 Å². The first-order valence-electron chi connectivity index (χ1n) is 14.7. The maximum Gasteiger partial charge on any atom is 0.417 e. The zero-order valence-electron chi connectivity index (χ0n) is 26.0. The van der Waals surface area contributed by atoms with Crippen molar-refractivity contribution in [1.82, 2.24) is 4.90 Å². The molecule has 39 heavy (non-hydrogen) atoms. The van der Waals surface area contributed by atoms with Crippen LogP contribution in [0.4, 0.5) is 4.79 Å². The van der Waals surface area contributed by atoms with Crippen molar-refractivity contribution in [3.63, 3.8) is 0 Å². The van der Waals surface area contributed by atoms with Crippen LogP contribution in [0.1, 0.15) is 85.8 Å². The molecular formula is C31H53NO5Si2. The van der Waals surface area contributed by atoms with Gasteiger partial charge in [0.1, 0.15) is 12.6 Å². The van der Waals surface area contributed by atoms with Crippen molar-refractivity contribution in [3.05, 3.63) is 48.6 Å². The Labute approximate surface area is 239 Å². The van der Waals surface area contributed by atoms with E-state index in [4.69, 9.17) is 13.6 Å². The van der Waals surface area contributed by atoms with Gasteiger partial charge in [-0.05, 0) is 68.0 Å². The fourth-order valence-corrected chi connectivity index (χ4v) is 9.71. The summed E-state index contributed by atoms with van der Waals surface area (Å²) in [6.07, 6.45) is 3.35. The summed E-state index contributed by atoms with van der Waals surface area (Å²) in [7, 11) is -4.06. The number of hydrogen-bond acceptors (Lipinski definition) is 5. The predicted molar refractivity (Wildman–Crippen MR) is 165 cm³/mol. The molecule has 1 aromatic carbocycles. The Kier molecular flexibility index (Phi) is 11.8. The number of benzene rings is 1. The fourth-order valence-electron chi connectivity index (χ4n) is 5.16. The van der Waals surface area contributed by atoms with Crippen LogP contribution < -0.4 is 0 Å². The zero-order valence-corrected chi connectivity index (χ0v) is 28.0. The van der Waals surface area contributed by atoms with E-state index in [-0.39, 0.29) is 35.7 Å². The Bertz CT molecular complexity index is 949. The Morgan fingerprint density at radius 3 is 2.23 bits per heavy atom. The third-order valence-corrected chi connectivity index (χ3v) is 18.3. The lowest BCUT2D eigenvalue weighted by Gasteiger charge is -2.42. The van der Waals surface area contributed by atoms with Gasteiger partial charge < -0.3 is 13.6 Å². The quantitative estimate of drug-likeness (QED) is 0.155. The molecular weight excluding hydrogens is 523 g/mol. The van der Waals surface area contributed by atoms with Crippen LogP contribution in [0.2, 0.25) is 36.3 Å².